The van der Waals surface area contributed by atoms with Gasteiger partial charge in [-0.15, -0.1) is 12.4 Å². The third-order valence-corrected chi connectivity index (χ3v) is 8.71. The Morgan fingerprint density at radius 3 is 2.41 bits per heavy atom. The lowest BCUT2D eigenvalue weighted by atomic mass is 9.84. The normalized spacial score (nSPS) is 22.4. The second-order valence-electron chi connectivity index (χ2n) is 11.5. The van der Waals surface area contributed by atoms with Crippen molar-refractivity contribution >= 4 is 23.8 Å². The van der Waals surface area contributed by atoms with Crippen LogP contribution in [0.1, 0.15) is 82.3 Å². The Morgan fingerprint density at radius 1 is 0.946 bits per heavy atom. The molecule has 0 aromatic heterocycles. The quantitative estimate of drug-likeness (QED) is 0.368. The van der Waals surface area contributed by atoms with Crippen LogP contribution in [-0.4, -0.2) is 32.3 Å². The van der Waals surface area contributed by atoms with Crippen LogP contribution in [0.4, 0.5) is 11.4 Å². The van der Waals surface area contributed by atoms with Gasteiger partial charge in [0.1, 0.15) is 11.4 Å². The SMILES string of the molecule is Cl.NC[C@H](CC1CCCCC1)Nc1c(N2CCCC(C(OCCC3CC3)c3ccccc3)C2)c(=O)c1=O. The smallest absolute Gasteiger partial charge is 0.253 e. The molecule has 37 heavy (non-hydrogen) atoms. The number of rotatable bonds is 12. The molecule has 1 aliphatic heterocycles. The van der Waals surface area contributed by atoms with Gasteiger partial charge in [-0.05, 0) is 43.1 Å². The molecule has 6 nitrogen and oxygen atoms in total. The van der Waals surface area contributed by atoms with Crippen LogP contribution in [0.25, 0.3) is 0 Å². The van der Waals surface area contributed by atoms with Crippen molar-refractivity contribution in [3.05, 3.63) is 56.3 Å². The summed E-state index contributed by atoms with van der Waals surface area (Å²) in [6, 6.07) is 10.5. The highest BCUT2D eigenvalue weighted by Gasteiger charge is 2.35. The molecule has 204 valence electrons. The van der Waals surface area contributed by atoms with E-state index in [0.29, 0.717) is 23.8 Å². The summed E-state index contributed by atoms with van der Waals surface area (Å²) in [6.07, 6.45) is 13.2. The Kier molecular flexibility index (Phi) is 10.1. The average molecular weight is 530 g/mol. The molecule has 2 aromatic carbocycles. The Hall–Kier alpha value is -1.89. The van der Waals surface area contributed by atoms with Crippen LogP contribution >= 0.6 is 12.4 Å². The van der Waals surface area contributed by atoms with E-state index in [1.54, 1.807) is 0 Å². The minimum atomic E-state index is -0.380. The molecule has 2 aromatic rings. The zero-order valence-electron chi connectivity index (χ0n) is 22.0. The fourth-order valence-electron chi connectivity index (χ4n) is 6.43. The molecule has 3 aliphatic rings. The van der Waals surface area contributed by atoms with Gasteiger partial charge >= 0.3 is 0 Å². The number of hydrogen-bond donors (Lipinski definition) is 2. The first-order valence-electron chi connectivity index (χ1n) is 14.4. The topological polar surface area (TPSA) is 84.7 Å². The maximum absolute atomic E-state index is 12.8. The average Bonchev–Trinajstić information content (AvgIpc) is 3.75. The van der Waals surface area contributed by atoms with Crippen molar-refractivity contribution < 1.29 is 4.74 Å². The van der Waals surface area contributed by atoms with Crippen molar-refractivity contribution in [2.45, 2.75) is 82.8 Å². The molecule has 0 radical (unpaired) electrons. The molecule has 1 saturated heterocycles. The Labute approximate surface area is 227 Å². The van der Waals surface area contributed by atoms with Gasteiger partial charge in [-0.1, -0.05) is 75.3 Å². The molecule has 5 rings (SSSR count). The van der Waals surface area contributed by atoms with Crippen LogP contribution in [0.5, 0.6) is 0 Å². The Morgan fingerprint density at radius 2 is 1.70 bits per heavy atom. The van der Waals surface area contributed by atoms with Crippen LogP contribution in [0.3, 0.4) is 0 Å². The zero-order valence-corrected chi connectivity index (χ0v) is 22.9. The summed E-state index contributed by atoms with van der Waals surface area (Å²) in [7, 11) is 0. The number of benzene rings is 1. The highest BCUT2D eigenvalue weighted by Crippen LogP contribution is 2.38. The standard InChI is InChI=1S/C30H43N3O3.ClH/c31-19-25(18-22-8-3-1-4-9-22)32-26-27(29(35)28(26)34)33-16-7-12-24(20-33)30(23-10-5-2-6-11-23)36-17-15-21-13-14-21;/h2,5-6,10-11,21-22,24-25,30,32H,1,3-4,7-9,12-20,31H2;1H/t24?,25-,30?;/m0./s1. The summed E-state index contributed by atoms with van der Waals surface area (Å²) in [6.45, 7) is 2.79. The maximum Gasteiger partial charge on any atom is 0.253 e. The molecule has 3 atom stereocenters. The number of anilines is 2. The van der Waals surface area contributed by atoms with E-state index in [9.17, 15) is 9.59 Å². The van der Waals surface area contributed by atoms with Crippen molar-refractivity contribution in [3.8, 4) is 0 Å². The van der Waals surface area contributed by atoms with Gasteiger partial charge in [-0.25, -0.2) is 0 Å². The van der Waals surface area contributed by atoms with Crippen LogP contribution in [0.2, 0.25) is 0 Å². The molecule has 2 aliphatic carbocycles. The molecule has 0 spiro atoms. The van der Waals surface area contributed by atoms with Gasteiger partial charge in [0.2, 0.25) is 0 Å². The third kappa shape index (κ3) is 6.96. The second kappa shape index (κ2) is 13.3. The molecule has 2 saturated carbocycles. The molecular weight excluding hydrogens is 486 g/mol. The highest BCUT2D eigenvalue weighted by atomic mass is 35.5. The van der Waals surface area contributed by atoms with Gasteiger partial charge in [-0.3, -0.25) is 9.59 Å². The van der Waals surface area contributed by atoms with Crippen LogP contribution in [-0.2, 0) is 4.74 Å². The van der Waals surface area contributed by atoms with Crippen LogP contribution < -0.4 is 26.8 Å². The first kappa shape index (κ1) is 28.1. The van der Waals surface area contributed by atoms with Gasteiger partial charge in [0.05, 0.1) is 6.10 Å². The fourth-order valence-corrected chi connectivity index (χ4v) is 6.43. The van der Waals surface area contributed by atoms with E-state index in [0.717, 1.165) is 51.3 Å². The van der Waals surface area contributed by atoms with E-state index in [1.807, 2.05) is 6.07 Å². The first-order valence-corrected chi connectivity index (χ1v) is 14.4. The summed E-state index contributed by atoms with van der Waals surface area (Å²) in [5, 5.41) is 3.42. The Balaban J connectivity index is 0.00000320. The van der Waals surface area contributed by atoms with Crippen molar-refractivity contribution in [2.24, 2.45) is 23.5 Å². The Bertz CT molecular complexity index is 1040. The highest BCUT2D eigenvalue weighted by molar-refractivity contribution is 5.85. The van der Waals surface area contributed by atoms with Gasteiger partial charge < -0.3 is 20.7 Å². The number of nitrogens with two attached hydrogens (primary N) is 1. The monoisotopic (exact) mass is 529 g/mol. The summed E-state index contributed by atoms with van der Waals surface area (Å²) in [4.78, 5) is 27.6. The molecular formula is C30H44ClN3O3. The first-order chi connectivity index (χ1) is 17.6. The number of piperidine rings is 1. The van der Waals surface area contributed by atoms with E-state index in [-0.39, 0.29) is 41.3 Å². The predicted molar refractivity (Wildman–Crippen MR) is 154 cm³/mol. The molecule has 3 N–H and O–H groups in total. The van der Waals surface area contributed by atoms with E-state index in [2.05, 4.69) is 34.5 Å². The molecule has 3 fully saturated rings. The van der Waals surface area contributed by atoms with Crippen LogP contribution in [0.15, 0.2) is 39.9 Å². The summed E-state index contributed by atoms with van der Waals surface area (Å²) < 4.78 is 6.51. The predicted octanol–water partition coefficient (Wildman–Crippen LogP) is 5.19. The molecule has 7 heteroatoms. The maximum atomic E-state index is 12.8. The second-order valence-corrected chi connectivity index (χ2v) is 11.5. The summed E-state index contributed by atoms with van der Waals surface area (Å²) in [5.41, 5.74) is 7.66. The minimum absolute atomic E-state index is 0. The molecule has 0 bridgehead atoms. The van der Waals surface area contributed by atoms with Gasteiger partial charge in [0, 0.05) is 38.2 Å². The van der Waals surface area contributed by atoms with Gasteiger partial charge in [0.15, 0.2) is 0 Å². The van der Waals surface area contributed by atoms with Crippen molar-refractivity contribution in [1.29, 1.82) is 0 Å². The van der Waals surface area contributed by atoms with E-state index < -0.39 is 0 Å². The van der Waals surface area contributed by atoms with E-state index in [1.165, 1.54) is 50.5 Å². The van der Waals surface area contributed by atoms with Crippen molar-refractivity contribution in [1.82, 2.24) is 0 Å². The van der Waals surface area contributed by atoms with Gasteiger partial charge in [-0.2, -0.15) is 0 Å². The molecule has 0 amide bonds. The van der Waals surface area contributed by atoms with Crippen molar-refractivity contribution in [2.75, 3.05) is 36.5 Å². The molecule has 1 heterocycles. The van der Waals surface area contributed by atoms with Crippen LogP contribution in [0, 0.1) is 17.8 Å². The lowest BCUT2D eigenvalue weighted by Gasteiger charge is -2.39. The largest absolute Gasteiger partial charge is 0.376 e. The van der Waals surface area contributed by atoms with Gasteiger partial charge in [0.25, 0.3) is 10.9 Å². The van der Waals surface area contributed by atoms with E-state index >= 15 is 0 Å². The number of nitrogens with zero attached hydrogens (tertiary/aromatic N) is 1. The third-order valence-electron chi connectivity index (χ3n) is 8.71. The zero-order chi connectivity index (χ0) is 24.9. The minimum Gasteiger partial charge on any atom is -0.376 e. The molecule has 2 unspecified atom stereocenters. The fraction of sp³-hybridized carbons (Fsp3) is 0.667. The van der Waals surface area contributed by atoms with E-state index in [4.69, 9.17) is 10.5 Å². The lowest BCUT2D eigenvalue weighted by molar-refractivity contribution is 0.00303. The number of ether oxygens (including phenoxy) is 1. The van der Waals surface area contributed by atoms with Crippen molar-refractivity contribution in [3.63, 3.8) is 0 Å². The summed E-state index contributed by atoms with van der Waals surface area (Å²) in [5.74, 6) is 1.78. The number of hydrogen-bond acceptors (Lipinski definition) is 6. The number of nitrogens with one attached hydrogen (secondary N) is 1. The lowest BCUT2D eigenvalue weighted by Crippen LogP contribution is -2.48. The number of halogens is 1. The summed E-state index contributed by atoms with van der Waals surface area (Å²) >= 11 is 0.